The maximum absolute atomic E-state index is 9.44. The van der Waals surface area contributed by atoms with Gasteiger partial charge in [-0.2, -0.15) is 0 Å². The van der Waals surface area contributed by atoms with Crippen LogP contribution in [0.5, 0.6) is 23.0 Å². The SMILES string of the molecule is COc1cc(/C=C/c2ccc(O)c(O)c2)cc(OC)c1. The van der Waals surface area contributed by atoms with E-state index < -0.39 is 0 Å². The lowest BCUT2D eigenvalue weighted by Crippen LogP contribution is -1.88. The molecule has 104 valence electrons. The van der Waals surface area contributed by atoms with Gasteiger partial charge in [0.25, 0.3) is 0 Å². The average Bonchev–Trinajstić information content (AvgIpc) is 2.48. The van der Waals surface area contributed by atoms with Crippen LogP contribution < -0.4 is 9.47 Å². The molecule has 0 heterocycles. The van der Waals surface area contributed by atoms with Crippen molar-refractivity contribution >= 4 is 12.2 Å². The minimum Gasteiger partial charge on any atom is -0.504 e. The Morgan fingerprint density at radius 2 is 1.35 bits per heavy atom. The summed E-state index contributed by atoms with van der Waals surface area (Å²) >= 11 is 0. The highest BCUT2D eigenvalue weighted by atomic mass is 16.5. The van der Waals surface area contributed by atoms with Crippen LogP contribution in [0, 0.1) is 0 Å². The Kier molecular flexibility index (Phi) is 4.15. The second-order valence-corrected chi connectivity index (χ2v) is 4.23. The van der Waals surface area contributed by atoms with Crippen molar-refractivity contribution in [1.82, 2.24) is 0 Å². The standard InChI is InChI=1S/C16H16O4/c1-19-13-7-12(8-14(10-13)20-2)4-3-11-5-6-15(17)16(18)9-11/h3-10,17-18H,1-2H3/b4-3+. The molecule has 4 heteroatoms. The first kappa shape index (κ1) is 13.8. The van der Waals surface area contributed by atoms with E-state index in [1.165, 1.54) is 12.1 Å². The average molecular weight is 272 g/mol. The fraction of sp³-hybridized carbons (Fsp3) is 0.125. The molecule has 4 nitrogen and oxygen atoms in total. The van der Waals surface area contributed by atoms with E-state index in [0.29, 0.717) is 11.5 Å². The van der Waals surface area contributed by atoms with Gasteiger partial charge in [-0.1, -0.05) is 18.2 Å². The predicted octanol–water partition coefficient (Wildman–Crippen LogP) is 3.29. The highest BCUT2D eigenvalue weighted by Gasteiger charge is 2.00. The molecule has 20 heavy (non-hydrogen) atoms. The Labute approximate surface area is 117 Å². The van der Waals surface area contributed by atoms with Crippen LogP contribution in [0.25, 0.3) is 12.2 Å². The first-order valence-electron chi connectivity index (χ1n) is 6.05. The molecule has 0 aromatic heterocycles. The summed E-state index contributed by atoms with van der Waals surface area (Å²) in [4.78, 5) is 0. The third-order valence-corrected chi connectivity index (χ3v) is 2.84. The van der Waals surface area contributed by atoms with Crippen LogP contribution in [0.4, 0.5) is 0 Å². The molecule has 0 radical (unpaired) electrons. The van der Waals surface area contributed by atoms with E-state index in [1.807, 2.05) is 24.3 Å². The van der Waals surface area contributed by atoms with Crippen molar-refractivity contribution in [3.8, 4) is 23.0 Å². The summed E-state index contributed by atoms with van der Waals surface area (Å²) < 4.78 is 10.4. The van der Waals surface area contributed by atoms with Gasteiger partial charge in [0, 0.05) is 6.07 Å². The van der Waals surface area contributed by atoms with Crippen LogP contribution >= 0.6 is 0 Å². The zero-order chi connectivity index (χ0) is 14.5. The summed E-state index contributed by atoms with van der Waals surface area (Å²) in [6.45, 7) is 0. The van der Waals surface area contributed by atoms with Crippen molar-refractivity contribution in [2.45, 2.75) is 0 Å². The lowest BCUT2D eigenvalue weighted by Gasteiger charge is -2.05. The molecular weight excluding hydrogens is 256 g/mol. The number of hydrogen-bond donors (Lipinski definition) is 2. The molecule has 0 aliphatic rings. The van der Waals surface area contributed by atoms with Crippen molar-refractivity contribution in [2.24, 2.45) is 0 Å². The number of phenolic OH excluding ortho intramolecular Hbond substituents is 2. The number of phenols is 2. The molecule has 0 fully saturated rings. The Hall–Kier alpha value is -2.62. The van der Waals surface area contributed by atoms with E-state index in [9.17, 15) is 10.2 Å². The van der Waals surface area contributed by atoms with Gasteiger partial charge in [-0.15, -0.1) is 0 Å². The molecule has 0 unspecified atom stereocenters. The lowest BCUT2D eigenvalue weighted by atomic mass is 10.1. The van der Waals surface area contributed by atoms with E-state index in [2.05, 4.69) is 0 Å². The van der Waals surface area contributed by atoms with Gasteiger partial charge in [-0.3, -0.25) is 0 Å². The summed E-state index contributed by atoms with van der Waals surface area (Å²) in [5.74, 6) is 1.13. The van der Waals surface area contributed by atoms with Gasteiger partial charge in [-0.05, 0) is 35.4 Å². The third kappa shape index (κ3) is 3.23. The summed E-state index contributed by atoms with van der Waals surface area (Å²) in [6, 6.07) is 10.2. The Balaban J connectivity index is 2.28. The van der Waals surface area contributed by atoms with Crippen LogP contribution in [0.1, 0.15) is 11.1 Å². The Morgan fingerprint density at radius 1 is 0.750 bits per heavy atom. The normalized spacial score (nSPS) is 10.7. The topological polar surface area (TPSA) is 58.9 Å². The quantitative estimate of drug-likeness (QED) is 0.662. The van der Waals surface area contributed by atoms with Crippen molar-refractivity contribution in [3.63, 3.8) is 0 Å². The first-order valence-corrected chi connectivity index (χ1v) is 6.05. The van der Waals surface area contributed by atoms with Crippen LogP contribution in [0.2, 0.25) is 0 Å². The molecule has 2 N–H and O–H groups in total. The second kappa shape index (κ2) is 6.02. The van der Waals surface area contributed by atoms with Crippen molar-refractivity contribution in [2.75, 3.05) is 14.2 Å². The molecule has 0 spiro atoms. The summed E-state index contributed by atoms with van der Waals surface area (Å²) in [7, 11) is 3.19. The van der Waals surface area contributed by atoms with E-state index in [0.717, 1.165) is 11.1 Å². The Morgan fingerprint density at radius 3 is 1.90 bits per heavy atom. The minimum absolute atomic E-state index is 0.134. The smallest absolute Gasteiger partial charge is 0.157 e. The fourth-order valence-corrected chi connectivity index (χ4v) is 1.76. The van der Waals surface area contributed by atoms with Gasteiger partial charge in [0.05, 0.1) is 14.2 Å². The van der Waals surface area contributed by atoms with Gasteiger partial charge < -0.3 is 19.7 Å². The number of rotatable bonds is 4. The van der Waals surface area contributed by atoms with Crippen molar-refractivity contribution in [3.05, 3.63) is 47.5 Å². The minimum atomic E-state index is -0.143. The van der Waals surface area contributed by atoms with Gasteiger partial charge in [-0.25, -0.2) is 0 Å². The van der Waals surface area contributed by atoms with Crippen molar-refractivity contribution < 1.29 is 19.7 Å². The maximum Gasteiger partial charge on any atom is 0.157 e. The van der Waals surface area contributed by atoms with Crippen LogP contribution in [0.3, 0.4) is 0 Å². The Bertz CT molecular complexity index is 610. The monoisotopic (exact) mass is 272 g/mol. The van der Waals surface area contributed by atoms with Gasteiger partial charge in [0.1, 0.15) is 11.5 Å². The molecular formula is C16H16O4. The molecule has 0 aliphatic heterocycles. The van der Waals surface area contributed by atoms with E-state index in [-0.39, 0.29) is 11.5 Å². The maximum atomic E-state index is 9.44. The van der Waals surface area contributed by atoms with E-state index in [1.54, 1.807) is 26.4 Å². The van der Waals surface area contributed by atoms with Crippen molar-refractivity contribution in [1.29, 1.82) is 0 Å². The van der Waals surface area contributed by atoms with Gasteiger partial charge in [0.2, 0.25) is 0 Å². The summed E-state index contributed by atoms with van der Waals surface area (Å²) in [5, 5.41) is 18.7. The molecule has 0 atom stereocenters. The molecule has 0 bridgehead atoms. The number of benzene rings is 2. The lowest BCUT2D eigenvalue weighted by molar-refractivity contribution is 0.394. The first-order chi connectivity index (χ1) is 9.62. The zero-order valence-electron chi connectivity index (χ0n) is 11.3. The van der Waals surface area contributed by atoms with Crippen LogP contribution in [-0.4, -0.2) is 24.4 Å². The molecule has 2 aromatic rings. The summed E-state index contributed by atoms with van der Waals surface area (Å²) in [5.41, 5.74) is 1.69. The van der Waals surface area contributed by atoms with E-state index in [4.69, 9.17) is 9.47 Å². The highest BCUT2D eigenvalue weighted by Crippen LogP contribution is 2.27. The number of ether oxygens (including phenoxy) is 2. The van der Waals surface area contributed by atoms with Crippen LogP contribution in [0.15, 0.2) is 36.4 Å². The molecule has 0 saturated carbocycles. The highest BCUT2D eigenvalue weighted by molar-refractivity contribution is 5.72. The molecule has 0 saturated heterocycles. The number of hydrogen-bond acceptors (Lipinski definition) is 4. The number of aromatic hydroxyl groups is 2. The molecule has 2 aromatic carbocycles. The van der Waals surface area contributed by atoms with Gasteiger partial charge >= 0.3 is 0 Å². The molecule has 0 amide bonds. The van der Waals surface area contributed by atoms with E-state index >= 15 is 0 Å². The predicted molar refractivity (Wildman–Crippen MR) is 78.2 cm³/mol. The third-order valence-electron chi connectivity index (χ3n) is 2.84. The zero-order valence-corrected chi connectivity index (χ0v) is 11.3. The molecule has 2 rings (SSSR count). The van der Waals surface area contributed by atoms with Gasteiger partial charge in [0.15, 0.2) is 11.5 Å². The summed E-state index contributed by atoms with van der Waals surface area (Å²) in [6.07, 6.45) is 3.70. The molecule has 0 aliphatic carbocycles. The second-order valence-electron chi connectivity index (χ2n) is 4.23. The number of methoxy groups -OCH3 is 2. The fourth-order valence-electron chi connectivity index (χ4n) is 1.76. The van der Waals surface area contributed by atoms with Crippen LogP contribution in [-0.2, 0) is 0 Å². The largest absolute Gasteiger partial charge is 0.504 e.